The van der Waals surface area contributed by atoms with Crippen LogP contribution in [-0.2, 0) is 6.42 Å². The van der Waals surface area contributed by atoms with Gasteiger partial charge in [-0.25, -0.2) is 0 Å². The molecule has 4 heteroatoms. The van der Waals surface area contributed by atoms with E-state index in [0.29, 0.717) is 6.42 Å². The van der Waals surface area contributed by atoms with Crippen LogP contribution in [-0.4, -0.2) is 36.0 Å². The van der Waals surface area contributed by atoms with E-state index in [1.807, 2.05) is 0 Å². The second-order valence-electron chi connectivity index (χ2n) is 6.85. The Morgan fingerprint density at radius 1 is 1.04 bits per heavy atom. The molecule has 0 spiro atoms. The van der Waals surface area contributed by atoms with Crippen molar-refractivity contribution in [1.29, 1.82) is 0 Å². The van der Waals surface area contributed by atoms with Crippen molar-refractivity contribution in [2.45, 2.75) is 38.3 Å². The molecule has 0 radical (unpaired) electrons. The zero-order chi connectivity index (χ0) is 17.6. The number of rotatable bonds is 6. The van der Waals surface area contributed by atoms with E-state index in [9.17, 15) is 5.11 Å². The van der Waals surface area contributed by atoms with Crippen LogP contribution < -0.4 is 10.2 Å². The topological polar surface area (TPSA) is 55.7 Å². The summed E-state index contributed by atoms with van der Waals surface area (Å²) >= 11 is 0. The second kappa shape index (κ2) is 8.37. The number of benzene rings is 2. The maximum absolute atomic E-state index is 9.63. The fourth-order valence-electron chi connectivity index (χ4n) is 3.33. The predicted octanol–water partition coefficient (Wildman–Crippen LogP) is 3.36. The normalized spacial score (nSPS) is 16.7. The van der Waals surface area contributed by atoms with Crippen LogP contribution in [0, 0.1) is 0 Å². The Bertz CT molecular complexity index is 647. The standard InChI is InChI=1S/C21H28N2O2/c1-16(22-19-6-2-17(3-7-19)12-15-24)18-4-8-20(9-5-18)23-13-10-21(25)11-14-23/h2-9,16,21-22,24-25H,10-15H2,1H3. The van der Waals surface area contributed by atoms with E-state index >= 15 is 0 Å². The highest BCUT2D eigenvalue weighted by Crippen LogP contribution is 2.24. The van der Waals surface area contributed by atoms with E-state index in [1.54, 1.807) is 0 Å². The molecule has 25 heavy (non-hydrogen) atoms. The number of aliphatic hydroxyl groups is 2. The summed E-state index contributed by atoms with van der Waals surface area (Å²) in [5.74, 6) is 0. The summed E-state index contributed by atoms with van der Waals surface area (Å²) in [5.41, 5.74) is 4.72. The minimum absolute atomic E-state index is 0.136. The van der Waals surface area contributed by atoms with Crippen LogP contribution in [0.1, 0.15) is 36.9 Å². The van der Waals surface area contributed by atoms with Gasteiger partial charge in [-0.1, -0.05) is 24.3 Å². The first-order chi connectivity index (χ1) is 12.2. The predicted molar refractivity (Wildman–Crippen MR) is 103 cm³/mol. The molecule has 0 saturated carbocycles. The van der Waals surface area contributed by atoms with Gasteiger partial charge in [-0.15, -0.1) is 0 Å². The number of aliphatic hydroxyl groups excluding tert-OH is 2. The largest absolute Gasteiger partial charge is 0.396 e. The molecule has 4 nitrogen and oxygen atoms in total. The lowest BCUT2D eigenvalue weighted by Gasteiger charge is -2.31. The molecular weight excluding hydrogens is 312 g/mol. The SMILES string of the molecule is CC(Nc1ccc(CCO)cc1)c1ccc(N2CCC(O)CC2)cc1. The average Bonchev–Trinajstić information content (AvgIpc) is 2.64. The number of hydrogen-bond donors (Lipinski definition) is 3. The number of hydrogen-bond acceptors (Lipinski definition) is 4. The monoisotopic (exact) mass is 340 g/mol. The summed E-state index contributed by atoms with van der Waals surface area (Å²) in [6, 6.07) is 17.2. The summed E-state index contributed by atoms with van der Waals surface area (Å²) in [4.78, 5) is 2.34. The van der Waals surface area contributed by atoms with Crippen molar-refractivity contribution in [2.24, 2.45) is 0 Å². The third-order valence-corrected chi connectivity index (χ3v) is 4.96. The number of anilines is 2. The Hall–Kier alpha value is -2.04. The fourth-order valence-corrected chi connectivity index (χ4v) is 3.33. The smallest absolute Gasteiger partial charge is 0.0574 e. The Morgan fingerprint density at radius 3 is 2.28 bits per heavy atom. The first kappa shape index (κ1) is 17.8. The van der Waals surface area contributed by atoms with Gasteiger partial charge < -0.3 is 20.4 Å². The van der Waals surface area contributed by atoms with E-state index in [4.69, 9.17) is 5.11 Å². The van der Waals surface area contributed by atoms with E-state index in [0.717, 1.165) is 37.2 Å². The molecule has 2 aromatic carbocycles. The van der Waals surface area contributed by atoms with Gasteiger partial charge in [0.25, 0.3) is 0 Å². The van der Waals surface area contributed by atoms with Gasteiger partial charge in [0.15, 0.2) is 0 Å². The zero-order valence-electron chi connectivity index (χ0n) is 14.9. The van der Waals surface area contributed by atoms with Crippen LogP contribution in [0.2, 0.25) is 0 Å². The van der Waals surface area contributed by atoms with Crippen LogP contribution in [0.5, 0.6) is 0 Å². The summed E-state index contributed by atoms with van der Waals surface area (Å²) in [5, 5.41) is 22.1. The lowest BCUT2D eigenvalue weighted by Crippen LogP contribution is -2.35. The van der Waals surface area contributed by atoms with Gasteiger partial charge in [-0.2, -0.15) is 0 Å². The Kier molecular flexibility index (Phi) is 5.95. The van der Waals surface area contributed by atoms with Crippen LogP contribution in [0.25, 0.3) is 0 Å². The van der Waals surface area contributed by atoms with Crippen LogP contribution in [0.15, 0.2) is 48.5 Å². The van der Waals surface area contributed by atoms with Crippen molar-refractivity contribution < 1.29 is 10.2 Å². The maximum Gasteiger partial charge on any atom is 0.0574 e. The lowest BCUT2D eigenvalue weighted by atomic mass is 10.0. The van der Waals surface area contributed by atoms with Crippen molar-refractivity contribution in [3.05, 3.63) is 59.7 Å². The van der Waals surface area contributed by atoms with Crippen molar-refractivity contribution in [3.63, 3.8) is 0 Å². The first-order valence-electron chi connectivity index (χ1n) is 9.15. The van der Waals surface area contributed by atoms with Crippen LogP contribution >= 0.6 is 0 Å². The highest BCUT2D eigenvalue weighted by atomic mass is 16.3. The van der Waals surface area contributed by atoms with Crippen molar-refractivity contribution >= 4 is 11.4 Å². The van der Waals surface area contributed by atoms with E-state index < -0.39 is 0 Å². The summed E-state index contributed by atoms with van der Waals surface area (Å²) in [6.07, 6.45) is 2.27. The Balaban J connectivity index is 1.59. The van der Waals surface area contributed by atoms with Gasteiger partial charge >= 0.3 is 0 Å². The Morgan fingerprint density at radius 2 is 1.68 bits per heavy atom. The number of piperidine rings is 1. The van der Waals surface area contributed by atoms with Crippen molar-refractivity contribution in [1.82, 2.24) is 0 Å². The van der Waals surface area contributed by atoms with Gasteiger partial charge in [0, 0.05) is 37.1 Å². The highest BCUT2D eigenvalue weighted by molar-refractivity contribution is 5.51. The Labute approximate surface area is 150 Å². The molecule has 1 unspecified atom stereocenters. The third kappa shape index (κ3) is 4.74. The van der Waals surface area contributed by atoms with Crippen molar-refractivity contribution in [3.8, 4) is 0 Å². The van der Waals surface area contributed by atoms with Gasteiger partial charge in [-0.3, -0.25) is 0 Å². The first-order valence-corrected chi connectivity index (χ1v) is 9.15. The molecule has 1 atom stereocenters. The van der Waals surface area contributed by atoms with Crippen LogP contribution in [0.4, 0.5) is 11.4 Å². The van der Waals surface area contributed by atoms with Gasteiger partial charge in [0.2, 0.25) is 0 Å². The van der Waals surface area contributed by atoms with Crippen molar-refractivity contribution in [2.75, 3.05) is 29.9 Å². The molecule has 134 valence electrons. The molecule has 1 heterocycles. The fraction of sp³-hybridized carbons (Fsp3) is 0.429. The molecule has 1 aliphatic heterocycles. The minimum Gasteiger partial charge on any atom is -0.396 e. The number of nitrogens with zero attached hydrogens (tertiary/aromatic N) is 1. The molecule has 0 aromatic heterocycles. The van der Waals surface area contributed by atoms with E-state index in [2.05, 4.69) is 65.7 Å². The molecule has 1 fully saturated rings. The summed E-state index contributed by atoms with van der Waals surface area (Å²) in [6.45, 7) is 4.20. The molecule has 2 aromatic rings. The lowest BCUT2D eigenvalue weighted by molar-refractivity contribution is 0.145. The molecule has 0 aliphatic carbocycles. The van der Waals surface area contributed by atoms with Crippen LogP contribution in [0.3, 0.4) is 0 Å². The van der Waals surface area contributed by atoms with Gasteiger partial charge in [0.1, 0.15) is 0 Å². The van der Waals surface area contributed by atoms with Gasteiger partial charge in [-0.05, 0) is 61.6 Å². The second-order valence-corrected chi connectivity index (χ2v) is 6.85. The molecule has 1 saturated heterocycles. The summed E-state index contributed by atoms with van der Waals surface area (Å²) < 4.78 is 0. The van der Waals surface area contributed by atoms with E-state index in [1.165, 1.54) is 11.3 Å². The third-order valence-electron chi connectivity index (χ3n) is 4.96. The molecule has 0 amide bonds. The molecule has 3 N–H and O–H groups in total. The number of nitrogens with one attached hydrogen (secondary N) is 1. The minimum atomic E-state index is -0.136. The highest BCUT2D eigenvalue weighted by Gasteiger charge is 2.17. The average molecular weight is 340 g/mol. The zero-order valence-corrected chi connectivity index (χ0v) is 14.9. The summed E-state index contributed by atoms with van der Waals surface area (Å²) in [7, 11) is 0. The molecule has 3 rings (SSSR count). The molecular formula is C21H28N2O2. The molecule has 1 aliphatic rings. The van der Waals surface area contributed by atoms with E-state index in [-0.39, 0.29) is 18.8 Å². The molecule has 0 bridgehead atoms. The quantitative estimate of drug-likeness (QED) is 0.755. The van der Waals surface area contributed by atoms with Gasteiger partial charge in [0.05, 0.1) is 6.10 Å². The maximum atomic E-state index is 9.63.